The molecule has 1 saturated heterocycles. The molecule has 0 saturated carbocycles. The maximum atomic E-state index is 12.8. The molecule has 1 amide bonds. The molecule has 1 fully saturated rings. The van der Waals surface area contributed by atoms with E-state index in [1.165, 1.54) is 0 Å². The third-order valence-corrected chi connectivity index (χ3v) is 5.24. The van der Waals surface area contributed by atoms with Gasteiger partial charge in [0, 0.05) is 30.2 Å². The number of carbonyl (C=O) groups excluding carboxylic acids is 1. The second-order valence-electron chi connectivity index (χ2n) is 7.23. The number of amides is 1. The Hall–Kier alpha value is -2.66. The summed E-state index contributed by atoms with van der Waals surface area (Å²) in [5.74, 6) is 1.59. The zero-order valence-corrected chi connectivity index (χ0v) is 16.5. The number of hydrogen-bond acceptors (Lipinski definition) is 4. The van der Waals surface area contributed by atoms with Gasteiger partial charge in [-0.2, -0.15) is 0 Å². The van der Waals surface area contributed by atoms with Gasteiger partial charge in [-0.3, -0.25) is 4.79 Å². The fourth-order valence-corrected chi connectivity index (χ4v) is 3.84. The van der Waals surface area contributed by atoms with Crippen LogP contribution >= 0.6 is 11.6 Å². The number of aromatic nitrogens is 2. The van der Waals surface area contributed by atoms with Crippen molar-refractivity contribution in [1.29, 1.82) is 0 Å². The first kappa shape index (κ1) is 18.7. The third-order valence-electron chi connectivity index (χ3n) is 5.00. The van der Waals surface area contributed by atoms with Crippen molar-refractivity contribution in [3.63, 3.8) is 0 Å². The Morgan fingerprint density at radius 1 is 1.29 bits per heavy atom. The first-order chi connectivity index (χ1) is 13.6. The molecular weight excluding hydrogens is 374 g/mol. The monoisotopic (exact) mass is 395 g/mol. The maximum absolute atomic E-state index is 12.8. The molecule has 5 nitrogen and oxygen atoms in total. The van der Waals surface area contributed by atoms with Crippen molar-refractivity contribution < 1.29 is 9.21 Å². The zero-order chi connectivity index (χ0) is 19.5. The van der Waals surface area contributed by atoms with E-state index in [4.69, 9.17) is 16.0 Å². The highest BCUT2D eigenvalue weighted by Gasteiger charge is 2.29. The number of likely N-dealkylation sites (tertiary alicyclic amines) is 1. The van der Waals surface area contributed by atoms with Crippen molar-refractivity contribution >= 4 is 17.5 Å². The Morgan fingerprint density at radius 2 is 2.14 bits per heavy atom. The number of piperidine rings is 1. The van der Waals surface area contributed by atoms with Gasteiger partial charge in [0.25, 0.3) is 5.91 Å². The normalized spacial score (nSPS) is 16.9. The predicted molar refractivity (Wildman–Crippen MR) is 108 cm³/mol. The second-order valence-corrected chi connectivity index (χ2v) is 7.66. The quantitative estimate of drug-likeness (QED) is 0.645. The highest BCUT2D eigenvalue weighted by Crippen LogP contribution is 2.28. The largest absolute Gasteiger partial charge is 0.445 e. The molecule has 0 aliphatic carbocycles. The molecule has 0 radical (unpaired) electrons. The first-order valence-corrected chi connectivity index (χ1v) is 9.88. The molecule has 2 aromatic heterocycles. The molecule has 1 aliphatic heterocycles. The fraction of sp³-hybridized carbons (Fsp3) is 0.318. The van der Waals surface area contributed by atoms with Crippen LogP contribution in [0, 0.1) is 6.92 Å². The van der Waals surface area contributed by atoms with Crippen LogP contribution in [0.1, 0.15) is 52.2 Å². The number of hydrogen-bond donors (Lipinski definition) is 0. The lowest BCUT2D eigenvalue weighted by Gasteiger charge is -2.31. The molecule has 0 bridgehead atoms. The van der Waals surface area contributed by atoms with Crippen LogP contribution in [0.4, 0.5) is 0 Å². The van der Waals surface area contributed by atoms with Crippen LogP contribution in [0.2, 0.25) is 5.02 Å². The maximum Gasteiger partial charge on any atom is 0.272 e. The van der Waals surface area contributed by atoms with Crippen LogP contribution in [-0.4, -0.2) is 33.9 Å². The lowest BCUT2D eigenvalue weighted by atomic mass is 9.97. The average molecular weight is 396 g/mol. The highest BCUT2D eigenvalue weighted by molar-refractivity contribution is 6.30. The van der Waals surface area contributed by atoms with E-state index in [0.717, 1.165) is 36.4 Å². The fourth-order valence-electron chi connectivity index (χ4n) is 3.63. The average Bonchev–Trinajstić information content (AvgIpc) is 3.16. The predicted octanol–water partition coefficient (Wildman–Crippen LogP) is 4.64. The van der Waals surface area contributed by atoms with Gasteiger partial charge in [0.1, 0.15) is 11.5 Å². The number of halogens is 1. The van der Waals surface area contributed by atoms with Crippen molar-refractivity contribution in [2.75, 3.05) is 13.1 Å². The van der Waals surface area contributed by atoms with E-state index in [1.54, 1.807) is 12.3 Å². The Kier molecular flexibility index (Phi) is 5.44. The van der Waals surface area contributed by atoms with Gasteiger partial charge in [0.2, 0.25) is 0 Å². The van der Waals surface area contributed by atoms with Crippen LogP contribution in [0.15, 0.2) is 53.1 Å². The summed E-state index contributed by atoms with van der Waals surface area (Å²) in [4.78, 5) is 23.5. The van der Waals surface area contributed by atoms with Crippen LogP contribution in [0.3, 0.4) is 0 Å². The summed E-state index contributed by atoms with van der Waals surface area (Å²) in [6.45, 7) is 3.23. The topological polar surface area (TPSA) is 59.2 Å². The number of rotatable bonds is 4. The molecule has 3 aromatic rings. The summed E-state index contributed by atoms with van der Waals surface area (Å²) in [5.41, 5.74) is 2.42. The van der Waals surface area contributed by atoms with E-state index >= 15 is 0 Å². The summed E-state index contributed by atoms with van der Waals surface area (Å²) >= 11 is 6.06. The third kappa shape index (κ3) is 4.25. The lowest BCUT2D eigenvalue weighted by Crippen LogP contribution is -2.39. The van der Waals surface area contributed by atoms with Gasteiger partial charge < -0.3 is 9.32 Å². The number of aryl methyl sites for hydroxylation is 1. The van der Waals surface area contributed by atoms with Crippen molar-refractivity contribution in [3.05, 3.63) is 82.3 Å². The highest BCUT2D eigenvalue weighted by atomic mass is 35.5. The summed E-state index contributed by atoms with van der Waals surface area (Å²) in [6.07, 6.45) is 4.31. The zero-order valence-electron chi connectivity index (χ0n) is 15.8. The molecule has 3 heterocycles. The van der Waals surface area contributed by atoms with Gasteiger partial charge in [0.05, 0.1) is 12.1 Å². The molecule has 6 heteroatoms. The minimum Gasteiger partial charge on any atom is -0.445 e. The van der Waals surface area contributed by atoms with E-state index < -0.39 is 0 Å². The molecule has 1 atom stereocenters. The van der Waals surface area contributed by atoms with E-state index in [-0.39, 0.29) is 11.8 Å². The van der Waals surface area contributed by atoms with Crippen LogP contribution in [0.25, 0.3) is 0 Å². The lowest BCUT2D eigenvalue weighted by molar-refractivity contribution is 0.0691. The summed E-state index contributed by atoms with van der Waals surface area (Å²) in [5, 5.41) is 0.712. The van der Waals surface area contributed by atoms with Crippen molar-refractivity contribution in [2.24, 2.45) is 0 Å². The molecule has 0 N–H and O–H groups in total. The summed E-state index contributed by atoms with van der Waals surface area (Å²) in [7, 11) is 0. The second kappa shape index (κ2) is 8.15. The van der Waals surface area contributed by atoms with Gasteiger partial charge in [-0.15, -0.1) is 0 Å². The van der Waals surface area contributed by atoms with Gasteiger partial charge >= 0.3 is 0 Å². The van der Waals surface area contributed by atoms with Crippen molar-refractivity contribution in [3.8, 4) is 0 Å². The summed E-state index contributed by atoms with van der Waals surface area (Å²) in [6, 6.07) is 13.3. The Labute approximate surface area is 169 Å². The molecule has 1 aromatic carbocycles. The van der Waals surface area contributed by atoms with Crippen molar-refractivity contribution in [1.82, 2.24) is 14.9 Å². The molecule has 28 heavy (non-hydrogen) atoms. The number of benzene rings is 1. The van der Waals surface area contributed by atoms with Gasteiger partial charge in [-0.25, -0.2) is 9.97 Å². The van der Waals surface area contributed by atoms with Crippen LogP contribution in [0.5, 0.6) is 0 Å². The Bertz CT molecular complexity index is 985. The van der Waals surface area contributed by atoms with Gasteiger partial charge in [0.15, 0.2) is 5.89 Å². The van der Waals surface area contributed by atoms with E-state index in [9.17, 15) is 4.79 Å². The number of carbonyl (C=O) groups is 1. The smallest absolute Gasteiger partial charge is 0.272 e. The van der Waals surface area contributed by atoms with Gasteiger partial charge in [-0.05, 0) is 49.6 Å². The van der Waals surface area contributed by atoms with E-state index in [1.807, 2.05) is 48.2 Å². The Balaban J connectivity index is 1.45. The SMILES string of the molecule is Cc1cccc(C(=O)N2CCC[C@@H](c3ncc(Cc4cccc(Cl)c4)o3)C2)n1. The molecule has 1 aliphatic rings. The number of oxazole rings is 1. The minimum absolute atomic E-state index is 0.0286. The minimum atomic E-state index is -0.0286. The van der Waals surface area contributed by atoms with Crippen LogP contribution in [-0.2, 0) is 6.42 Å². The molecular formula is C22H22ClN3O2. The number of pyridine rings is 1. The molecule has 144 valence electrons. The first-order valence-electron chi connectivity index (χ1n) is 9.50. The van der Waals surface area contributed by atoms with Gasteiger partial charge in [-0.1, -0.05) is 29.8 Å². The molecule has 0 spiro atoms. The molecule has 4 rings (SSSR count). The number of nitrogens with zero attached hydrogens (tertiary/aromatic N) is 3. The van der Waals surface area contributed by atoms with Crippen molar-refractivity contribution in [2.45, 2.75) is 32.1 Å². The van der Waals surface area contributed by atoms with Crippen LogP contribution < -0.4 is 0 Å². The standard InChI is InChI=1S/C22H22ClN3O2/c1-15-5-2-9-20(25-15)22(27)26-10-4-7-17(14-26)21-24-13-19(28-21)12-16-6-3-8-18(23)11-16/h2-3,5-6,8-9,11,13,17H,4,7,10,12,14H2,1H3/t17-/m1/s1. The van der Waals surface area contributed by atoms with E-state index in [0.29, 0.717) is 29.6 Å². The summed E-state index contributed by atoms with van der Waals surface area (Å²) < 4.78 is 6.01. The Morgan fingerprint density at radius 3 is 2.96 bits per heavy atom. The van der Waals surface area contributed by atoms with E-state index in [2.05, 4.69) is 9.97 Å². The molecule has 0 unspecified atom stereocenters.